The molecule has 1 aromatic heterocycles. The number of aliphatic carboxylic acids is 1. The Morgan fingerprint density at radius 1 is 1.32 bits per heavy atom. The molecule has 2 N–H and O–H groups in total. The van der Waals surface area contributed by atoms with Crippen molar-refractivity contribution in [1.82, 2.24) is 5.32 Å². The van der Waals surface area contributed by atoms with Crippen molar-refractivity contribution in [2.24, 2.45) is 5.92 Å². The van der Waals surface area contributed by atoms with E-state index in [1.165, 1.54) is 7.11 Å². The largest absolute Gasteiger partial charge is 0.496 e. The summed E-state index contributed by atoms with van der Waals surface area (Å²) in [7, 11) is 1.52. The van der Waals surface area contributed by atoms with E-state index in [0.29, 0.717) is 34.5 Å². The number of hydrogen-bond donors (Lipinski definition) is 2. The number of methoxy groups -OCH3 is 1. The van der Waals surface area contributed by atoms with Gasteiger partial charge in [-0.1, -0.05) is 13.8 Å². The SMILES string of the molecule is COc1cc2c(c3oc(=O)c(CC(=O)NC(C(=O)O)C(C)C)c(C)c13)CCC(C)(C)O2. The molecule has 1 amide bonds. The van der Waals surface area contributed by atoms with E-state index >= 15 is 0 Å². The van der Waals surface area contributed by atoms with Gasteiger partial charge in [0.2, 0.25) is 5.91 Å². The highest BCUT2D eigenvalue weighted by Gasteiger charge is 2.31. The molecule has 0 saturated carbocycles. The van der Waals surface area contributed by atoms with E-state index in [0.717, 1.165) is 12.0 Å². The lowest BCUT2D eigenvalue weighted by molar-refractivity contribution is -0.143. The van der Waals surface area contributed by atoms with Gasteiger partial charge in [-0.15, -0.1) is 0 Å². The predicted octanol–water partition coefficient (Wildman–Crippen LogP) is 2.98. The maximum atomic E-state index is 12.8. The molecule has 0 spiro atoms. The Labute approximate surface area is 180 Å². The van der Waals surface area contributed by atoms with E-state index in [-0.39, 0.29) is 23.5 Å². The Morgan fingerprint density at radius 3 is 2.58 bits per heavy atom. The van der Waals surface area contributed by atoms with Gasteiger partial charge in [0.25, 0.3) is 0 Å². The first kappa shape index (κ1) is 22.7. The summed E-state index contributed by atoms with van der Waals surface area (Å²) < 4.78 is 17.3. The summed E-state index contributed by atoms with van der Waals surface area (Å²) in [6.45, 7) is 9.13. The molecule has 8 heteroatoms. The molecular formula is C23H29NO7. The Bertz CT molecular complexity index is 1100. The van der Waals surface area contributed by atoms with Crippen molar-refractivity contribution in [2.45, 2.75) is 65.5 Å². The minimum absolute atomic E-state index is 0.174. The molecule has 2 aromatic rings. The molecule has 31 heavy (non-hydrogen) atoms. The fraction of sp³-hybridized carbons (Fsp3) is 0.522. The minimum atomic E-state index is -1.12. The second kappa shape index (κ2) is 8.24. The van der Waals surface area contributed by atoms with E-state index in [1.54, 1.807) is 26.8 Å². The number of aryl methyl sites for hydroxylation is 2. The van der Waals surface area contributed by atoms with Crippen LogP contribution in [0.2, 0.25) is 0 Å². The lowest BCUT2D eigenvalue weighted by Crippen LogP contribution is -2.45. The molecule has 8 nitrogen and oxygen atoms in total. The number of hydrogen-bond acceptors (Lipinski definition) is 6. The van der Waals surface area contributed by atoms with Crippen LogP contribution in [0.25, 0.3) is 11.0 Å². The van der Waals surface area contributed by atoms with Crippen molar-refractivity contribution in [3.05, 3.63) is 33.2 Å². The third kappa shape index (κ3) is 4.38. The van der Waals surface area contributed by atoms with Crippen molar-refractivity contribution in [2.75, 3.05) is 7.11 Å². The highest BCUT2D eigenvalue weighted by Crippen LogP contribution is 2.43. The second-order valence-electron chi connectivity index (χ2n) is 8.92. The first-order valence-corrected chi connectivity index (χ1v) is 10.3. The van der Waals surface area contributed by atoms with E-state index in [2.05, 4.69) is 5.32 Å². The highest BCUT2D eigenvalue weighted by molar-refractivity contribution is 5.93. The predicted molar refractivity (Wildman–Crippen MR) is 115 cm³/mol. The molecule has 0 bridgehead atoms. The third-order valence-corrected chi connectivity index (χ3v) is 5.75. The zero-order valence-corrected chi connectivity index (χ0v) is 18.8. The molecule has 0 aliphatic carbocycles. The first-order valence-electron chi connectivity index (χ1n) is 10.3. The van der Waals surface area contributed by atoms with Crippen LogP contribution in [0, 0.1) is 12.8 Å². The van der Waals surface area contributed by atoms with E-state index in [9.17, 15) is 19.5 Å². The molecule has 0 fully saturated rings. The smallest absolute Gasteiger partial charge is 0.340 e. The van der Waals surface area contributed by atoms with E-state index in [4.69, 9.17) is 13.9 Å². The van der Waals surface area contributed by atoms with Gasteiger partial charge in [-0.3, -0.25) is 4.79 Å². The highest BCUT2D eigenvalue weighted by atomic mass is 16.5. The van der Waals surface area contributed by atoms with Crippen LogP contribution < -0.4 is 20.4 Å². The van der Waals surface area contributed by atoms with Gasteiger partial charge in [0.1, 0.15) is 28.7 Å². The van der Waals surface area contributed by atoms with Crippen LogP contribution in [0.5, 0.6) is 11.5 Å². The fourth-order valence-corrected chi connectivity index (χ4v) is 3.95. The average Bonchev–Trinajstić information content (AvgIpc) is 2.66. The average molecular weight is 431 g/mol. The molecule has 2 heterocycles. The number of carbonyl (C=O) groups is 2. The van der Waals surface area contributed by atoms with Crippen molar-refractivity contribution in [3.63, 3.8) is 0 Å². The number of ether oxygens (including phenoxy) is 2. The van der Waals surface area contributed by atoms with Crippen LogP contribution >= 0.6 is 0 Å². The zero-order valence-electron chi connectivity index (χ0n) is 18.8. The van der Waals surface area contributed by atoms with E-state index in [1.807, 2.05) is 13.8 Å². The number of fused-ring (bicyclic) bond motifs is 3. The summed E-state index contributed by atoms with van der Waals surface area (Å²) >= 11 is 0. The van der Waals surface area contributed by atoms with Crippen LogP contribution in [0.3, 0.4) is 0 Å². The third-order valence-electron chi connectivity index (χ3n) is 5.75. The second-order valence-corrected chi connectivity index (χ2v) is 8.92. The maximum absolute atomic E-state index is 12.8. The van der Waals surface area contributed by atoms with E-state index < -0.39 is 23.5 Å². The topological polar surface area (TPSA) is 115 Å². The molecule has 168 valence electrons. The van der Waals surface area contributed by atoms with Crippen molar-refractivity contribution in [3.8, 4) is 11.5 Å². The van der Waals surface area contributed by atoms with Crippen molar-refractivity contribution < 1.29 is 28.6 Å². The Balaban J connectivity index is 2.06. The van der Waals surface area contributed by atoms with Gasteiger partial charge in [0.05, 0.1) is 24.5 Å². The van der Waals surface area contributed by atoms with Crippen LogP contribution in [0.4, 0.5) is 0 Å². The van der Waals surface area contributed by atoms with Gasteiger partial charge in [-0.05, 0) is 45.1 Å². The number of carboxylic acid groups (broad SMARTS) is 1. The van der Waals surface area contributed by atoms with Gasteiger partial charge in [-0.25, -0.2) is 9.59 Å². The lowest BCUT2D eigenvalue weighted by atomic mass is 9.91. The van der Waals surface area contributed by atoms with Gasteiger partial charge in [-0.2, -0.15) is 0 Å². The van der Waals surface area contributed by atoms with Gasteiger partial charge in [0, 0.05) is 11.6 Å². The number of benzene rings is 1. The molecule has 1 aliphatic heterocycles. The summed E-state index contributed by atoms with van der Waals surface area (Å²) in [5.41, 5.74) is 0.988. The number of amides is 1. The summed E-state index contributed by atoms with van der Waals surface area (Å²) in [5.74, 6) is -0.874. The van der Waals surface area contributed by atoms with Crippen LogP contribution in [-0.2, 0) is 22.4 Å². The number of carboxylic acids is 1. The number of nitrogens with one attached hydrogen (secondary N) is 1. The van der Waals surface area contributed by atoms with Crippen LogP contribution in [0.15, 0.2) is 15.3 Å². The normalized spacial score (nSPS) is 15.8. The Morgan fingerprint density at radius 2 is 2.00 bits per heavy atom. The molecule has 0 radical (unpaired) electrons. The molecule has 0 saturated heterocycles. The molecule has 3 rings (SSSR count). The summed E-state index contributed by atoms with van der Waals surface area (Å²) in [5, 5.41) is 12.4. The maximum Gasteiger partial charge on any atom is 0.340 e. The number of rotatable bonds is 6. The van der Waals surface area contributed by atoms with Gasteiger partial charge in [0.15, 0.2) is 0 Å². The monoisotopic (exact) mass is 431 g/mol. The number of carbonyl (C=O) groups excluding carboxylic acids is 1. The standard InChI is InChI=1S/C23H29NO7/c1-11(2)19(21(26)27)24-17(25)9-14-12(3)18-16(29-6)10-15-13(20(18)30-22(14)28)7-8-23(4,5)31-15/h10-11,19H,7-9H2,1-6H3,(H,24,25)(H,26,27). The Hall–Kier alpha value is -3.03. The summed E-state index contributed by atoms with van der Waals surface area (Å²) in [6.07, 6.45) is 1.16. The van der Waals surface area contributed by atoms with Crippen molar-refractivity contribution >= 4 is 22.8 Å². The summed E-state index contributed by atoms with van der Waals surface area (Å²) in [4.78, 5) is 36.7. The first-order chi connectivity index (χ1) is 14.4. The molecule has 1 atom stereocenters. The van der Waals surface area contributed by atoms with Gasteiger partial charge >= 0.3 is 11.6 Å². The van der Waals surface area contributed by atoms with Crippen LogP contribution in [0.1, 0.15) is 50.8 Å². The van der Waals surface area contributed by atoms with Crippen molar-refractivity contribution in [1.29, 1.82) is 0 Å². The summed E-state index contributed by atoms with van der Waals surface area (Å²) in [6, 6.07) is 0.747. The Kier molecular flexibility index (Phi) is 6.02. The quantitative estimate of drug-likeness (QED) is 0.676. The molecule has 1 aliphatic rings. The molecule has 1 unspecified atom stereocenters. The zero-order chi connectivity index (χ0) is 23.1. The molecular weight excluding hydrogens is 402 g/mol. The van der Waals surface area contributed by atoms with Gasteiger partial charge < -0.3 is 24.3 Å². The lowest BCUT2D eigenvalue weighted by Gasteiger charge is -2.33. The minimum Gasteiger partial charge on any atom is -0.496 e. The molecule has 1 aromatic carbocycles. The van der Waals surface area contributed by atoms with Crippen LogP contribution in [-0.4, -0.2) is 35.7 Å². The fourth-order valence-electron chi connectivity index (χ4n) is 3.95.